The maximum Gasteiger partial charge on any atom is 0.00989 e. The minimum absolute atomic E-state index is 0.989. The number of rotatable bonds is 8. The summed E-state index contributed by atoms with van der Waals surface area (Å²) in [6, 6.07) is 0. The molecule has 0 radical (unpaired) electrons. The van der Waals surface area contributed by atoms with Gasteiger partial charge >= 0.3 is 0 Å². The Morgan fingerprint density at radius 1 is 1.00 bits per heavy atom. The highest BCUT2D eigenvalue weighted by Crippen LogP contribution is 2.02. The van der Waals surface area contributed by atoms with Crippen molar-refractivity contribution in [2.45, 2.75) is 58.3 Å². The first kappa shape index (κ1) is 16.6. The zero-order valence-corrected chi connectivity index (χ0v) is 13.1. The third-order valence-electron chi connectivity index (χ3n) is 2.33. The fourth-order valence-electron chi connectivity index (χ4n) is 1.32. The molecule has 0 nitrogen and oxygen atoms in total. The van der Waals surface area contributed by atoms with Crippen molar-refractivity contribution in [3.05, 3.63) is 12.2 Å². The van der Waals surface area contributed by atoms with Crippen LogP contribution in [0.4, 0.5) is 0 Å². The molecule has 0 atom stereocenters. The molecule has 94 valence electrons. The molecule has 0 aliphatic heterocycles. The van der Waals surface area contributed by atoms with E-state index >= 15 is 0 Å². The van der Waals surface area contributed by atoms with E-state index in [0.717, 1.165) is 12.8 Å². The Morgan fingerprint density at radius 3 is 2.65 bits per heavy atom. The number of hydrogen-bond donors (Lipinski definition) is 0. The second-order valence-electron chi connectivity index (χ2n) is 3.97. The summed E-state index contributed by atoms with van der Waals surface area (Å²) in [4.78, 5) is 0. The van der Waals surface area contributed by atoms with Gasteiger partial charge in [0.15, 0.2) is 0 Å². The Balaban J connectivity index is 3.42. The summed E-state index contributed by atoms with van der Waals surface area (Å²) in [5.41, 5.74) is 0. The molecule has 1 heteroatoms. The molecule has 17 heavy (non-hydrogen) atoms. The van der Waals surface area contributed by atoms with Crippen molar-refractivity contribution >= 4 is 22.6 Å². The SMILES string of the molecule is CCCCCC#CC#C/C=C/CCCCCI. The van der Waals surface area contributed by atoms with Gasteiger partial charge in [-0.1, -0.05) is 66.7 Å². The van der Waals surface area contributed by atoms with Crippen molar-refractivity contribution in [3.8, 4) is 23.7 Å². The van der Waals surface area contributed by atoms with E-state index in [1.807, 2.05) is 6.08 Å². The third-order valence-corrected chi connectivity index (χ3v) is 3.10. The molecule has 0 saturated carbocycles. The van der Waals surface area contributed by atoms with Gasteiger partial charge in [0.25, 0.3) is 0 Å². The van der Waals surface area contributed by atoms with E-state index < -0.39 is 0 Å². The monoisotopic (exact) mass is 342 g/mol. The van der Waals surface area contributed by atoms with Crippen LogP contribution in [0.1, 0.15) is 58.3 Å². The summed E-state index contributed by atoms with van der Waals surface area (Å²) in [6.45, 7) is 2.21. The van der Waals surface area contributed by atoms with Crippen molar-refractivity contribution in [1.82, 2.24) is 0 Å². The first-order valence-corrected chi connectivity index (χ1v) is 8.13. The molecule has 0 amide bonds. The predicted molar refractivity (Wildman–Crippen MR) is 86.2 cm³/mol. The van der Waals surface area contributed by atoms with Crippen molar-refractivity contribution in [2.24, 2.45) is 0 Å². The zero-order valence-electron chi connectivity index (χ0n) is 10.9. The Kier molecular flexibility index (Phi) is 15.2. The Labute approximate surface area is 121 Å². The lowest BCUT2D eigenvalue weighted by Crippen LogP contribution is -1.75. The number of allylic oxidation sites excluding steroid dienone is 2. The first-order chi connectivity index (χ1) is 8.41. The standard InChI is InChI=1S/C16H23I/c1-2-3-4-5-6-7-8-9-10-11-12-13-14-15-16-17/h10-11H,2-5,12-16H2,1H3/b11-10+. The quantitative estimate of drug-likeness (QED) is 0.248. The van der Waals surface area contributed by atoms with Crippen LogP contribution in [0.2, 0.25) is 0 Å². The zero-order chi connectivity index (χ0) is 12.6. The molecule has 0 fully saturated rings. The molecule has 0 aliphatic carbocycles. The molecule has 0 aromatic rings. The van der Waals surface area contributed by atoms with Crippen LogP contribution in [0.25, 0.3) is 0 Å². The van der Waals surface area contributed by atoms with Gasteiger partial charge in [-0.25, -0.2) is 0 Å². The van der Waals surface area contributed by atoms with Gasteiger partial charge in [-0.05, 0) is 48.0 Å². The molecule has 0 aliphatic rings. The van der Waals surface area contributed by atoms with Gasteiger partial charge in [0.1, 0.15) is 0 Å². The lowest BCUT2D eigenvalue weighted by atomic mass is 10.2. The van der Waals surface area contributed by atoms with Gasteiger partial charge in [0.05, 0.1) is 0 Å². The predicted octanol–water partition coefficient (Wildman–Crippen LogP) is 5.13. The first-order valence-electron chi connectivity index (χ1n) is 6.61. The van der Waals surface area contributed by atoms with Crippen molar-refractivity contribution in [3.63, 3.8) is 0 Å². The lowest BCUT2D eigenvalue weighted by Gasteiger charge is -1.91. The van der Waals surface area contributed by atoms with Crippen LogP contribution in [0.15, 0.2) is 12.2 Å². The normalized spacial score (nSPS) is 9.53. The fourth-order valence-corrected chi connectivity index (χ4v) is 1.86. The van der Waals surface area contributed by atoms with Gasteiger partial charge in [0, 0.05) is 6.42 Å². The van der Waals surface area contributed by atoms with Gasteiger partial charge in [-0.3, -0.25) is 0 Å². The summed E-state index contributed by atoms with van der Waals surface area (Å²) in [5.74, 6) is 11.8. The topological polar surface area (TPSA) is 0 Å². The summed E-state index contributed by atoms with van der Waals surface area (Å²) < 4.78 is 1.27. The Morgan fingerprint density at radius 2 is 1.88 bits per heavy atom. The van der Waals surface area contributed by atoms with Crippen LogP contribution in [0.5, 0.6) is 0 Å². The maximum atomic E-state index is 3.08. The number of halogens is 1. The van der Waals surface area contributed by atoms with Crippen molar-refractivity contribution < 1.29 is 0 Å². The number of hydrogen-bond acceptors (Lipinski definition) is 0. The molecule has 0 unspecified atom stereocenters. The van der Waals surface area contributed by atoms with E-state index in [0.29, 0.717) is 0 Å². The minimum Gasteiger partial charge on any atom is -0.0891 e. The van der Waals surface area contributed by atoms with E-state index in [9.17, 15) is 0 Å². The van der Waals surface area contributed by atoms with Gasteiger partial charge in [-0.2, -0.15) is 0 Å². The number of unbranched alkanes of at least 4 members (excludes halogenated alkanes) is 6. The molecule has 0 spiro atoms. The summed E-state index contributed by atoms with van der Waals surface area (Å²) >= 11 is 2.43. The van der Waals surface area contributed by atoms with Gasteiger partial charge < -0.3 is 0 Å². The Hall–Kier alpha value is -0.410. The second kappa shape index (κ2) is 15.6. The third kappa shape index (κ3) is 15.6. The van der Waals surface area contributed by atoms with Crippen molar-refractivity contribution in [2.75, 3.05) is 4.43 Å². The summed E-state index contributed by atoms with van der Waals surface area (Å²) in [7, 11) is 0. The second-order valence-corrected chi connectivity index (χ2v) is 5.05. The average molecular weight is 342 g/mol. The maximum absolute atomic E-state index is 3.08. The van der Waals surface area contributed by atoms with Gasteiger partial charge in [0.2, 0.25) is 0 Å². The molecule has 0 rings (SSSR count). The van der Waals surface area contributed by atoms with Crippen LogP contribution in [-0.2, 0) is 0 Å². The smallest absolute Gasteiger partial charge is 0.00989 e. The lowest BCUT2D eigenvalue weighted by molar-refractivity contribution is 0.737. The fraction of sp³-hybridized carbons (Fsp3) is 0.625. The van der Waals surface area contributed by atoms with Gasteiger partial charge in [-0.15, -0.1) is 0 Å². The van der Waals surface area contributed by atoms with Crippen molar-refractivity contribution in [1.29, 1.82) is 0 Å². The van der Waals surface area contributed by atoms with E-state index in [1.54, 1.807) is 0 Å². The van der Waals surface area contributed by atoms with E-state index in [-0.39, 0.29) is 0 Å². The largest absolute Gasteiger partial charge is 0.0891 e. The molecule has 0 bridgehead atoms. The van der Waals surface area contributed by atoms with Crippen LogP contribution in [-0.4, -0.2) is 4.43 Å². The highest BCUT2D eigenvalue weighted by molar-refractivity contribution is 14.1. The number of alkyl halides is 1. The van der Waals surface area contributed by atoms with Crippen LogP contribution >= 0.6 is 22.6 Å². The highest BCUT2D eigenvalue weighted by Gasteiger charge is 1.83. The van der Waals surface area contributed by atoms with Crippen LogP contribution in [0.3, 0.4) is 0 Å². The summed E-state index contributed by atoms with van der Waals surface area (Å²) in [5, 5.41) is 0. The summed E-state index contributed by atoms with van der Waals surface area (Å²) in [6.07, 6.45) is 13.9. The Bertz CT molecular complexity index is 293. The van der Waals surface area contributed by atoms with Crippen LogP contribution < -0.4 is 0 Å². The molecular weight excluding hydrogens is 319 g/mol. The van der Waals surface area contributed by atoms with E-state index in [4.69, 9.17) is 0 Å². The molecule has 0 saturated heterocycles. The molecular formula is C16H23I. The molecule has 0 aromatic carbocycles. The van der Waals surface area contributed by atoms with Crippen LogP contribution in [0, 0.1) is 23.7 Å². The molecule has 0 N–H and O–H groups in total. The average Bonchev–Trinajstić information content (AvgIpc) is 2.35. The van der Waals surface area contributed by atoms with E-state index in [1.165, 1.54) is 43.0 Å². The minimum atomic E-state index is 0.989. The molecule has 0 heterocycles. The highest BCUT2D eigenvalue weighted by atomic mass is 127. The molecule has 0 aromatic heterocycles. The van der Waals surface area contributed by atoms with E-state index in [2.05, 4.69) is 59.3 Å².